The van der Waals surface area contributed by atoms with Crippen LogP contribution in [0.3, 0.4) is 0 Å². The predicted octanol–water partition coefficient (Wildman–Crippen LogP) is 2.48. The summed E-state index contributed by atoms with van der Waals surface area (Å²) in [6.45, 7) is 7.39. The maximum atomic E-state index is 5.57. The number of guanidine groups is 1. The fraction of sp³-hybridized carbons (Fsp3) is 0.929. The van der Waals surface area contributed by atoms with E-state index in [0.717, 1.165) is 38.8 Å². The van der Waals surface area contributed by atoms with Gasteiger partial charge in [-0.15, -0.1) is 24.0 Å². The molecule has 1 unspecified atom stereocenters. The number of ether oxygens (including phenoxy) is 1. The van der Waals surface area contributed by atoms with Crippen LogP contribution in [0.15, 0.2) is 4.99 Å². The highest BCUT2D eigenvalue weighted by atomic mass is 127. The highest BCUT2D eigenvalue weighted by Crippen LogP contribution is 2.38. The van der Waals surface area contributed by atoms with Gasteiger partial charge in [0, 0.05) is 38.7 Å². The smallest absolute Gasteiger partial charge is 0.193 e. The molecule has 0 aromatic heterocycles. The van der Waals surface area contributed by atoms with Gasteiger partial charge in [0.25, 0.3) is 0 Å². The first-order valence-corrected chi connectivity index (χ1v) is 7.33. The van der Waals surface area contributed by atoms with Crippen molar-refractivity contribution in [1.29, 1.82) is 0 Å². The highest BCUT2D eigenvalue weighted by Gasteiger charge is 2.42. The number of hydrogen-bond acceptors (Lipinski definition) is 2. The Labute approximate surface area is 134 Å². The number of unbranched alkanes of at least 4 members (excludes halogenated alkanes) is 2. The molecule has 5 heteroatoms. The van der Waals surface area contributed by atoms with Gasteiger partial charge >= 0.3 is 0 Å². The first-order chi connectivity index (χ1) is 8.79. The Balaban J connectivity index is 0.00000180. The van der Waals surface area contributed by atoms with Crippen molar-refractivity contribution in [2.45, 2.75) is 39.0 Å². The quantitative estimate of drug-likeness (QED) is 0.352. The van der Waals surface area contributed by atoms with Crippen molar-refractivity contribution >= 4 is 29.9 Å². The monoisotopic (exact) mass is 381 g/mol. The molecule has 0 aliphatic carbocycles. The molecule has 112 valence electrons. The van der Waals surface area contributed by atoms with E-state index >= 15 is 0 Å². The molecule has 2 fully saturated rings. The minimum absolute atomic E-state index is 0. The summed E-state index contributed by atoms with van der Waals surface area (Å²) in [7, 11) is 1.89. The fourth-order valence-corrected chi connectivity index (χ4v) is 2.99. The molecular weight excluding hydrogens is 353 g/mol. The Morgan fingerprint density at radius 1 is 1.37 bits per heavy atom. The zero-order chi connectivity index (χ0) is 12.8. The number of nitrogens with zero attached hydrogens (tertiary/aromatic N) is 2. The molecule has 1 spiro atoms. The molecule has 1 N–H and O–H groups in total. The van der Waals surface area contributed by atoms with Crippen LogP contribution < -0.4 is 5.32 Å². The van der Waals surface area contributed by atoms with Gasteiger partial charge in [0.2, 0.25) is 0 Å². The fourth-order valence-electron chi connectivity index (χ4n) is 2.99. The second-order valence-corrected chi connectivity index (χ2v) is 5.66. The van der Waals surface area contributed by atoms with Crippen molar-refractivity contribution in [2.75, 3.05) is 39.9 Å². The number of halogens is 1. The minimum Gasteiger partial charge on any atom is -0.381 e. The summed E-state index contributed by atoms with van der Waals surface area (Å²) in [5, 5.41) is 3.49. The molecule has 0 amide bonds. The summed E-state index contributed by atoms with van der Waals surface area (Å²) in [5.41, 5.74) is 0.418. The van der Waals surface area contributed by atoms with Gasteiger partial charge in [-0.3, -0.25) is 4.99 Å². The summed E-state index contributed by atoms with van der Waals surface area (Å²) >= 11 is 0. The summed E-state index contributed by atoms with van der Waals surface area (Å²) in [6.07, 6.45) is 6.27. The Bertz CT molecular complexity index is 290. The molecule has 2 aliphatic rings. The second kappa shape index (κ2) is 8.29. The van der Waals surface area contributed by atoms with Gasteiger partial charge in [0.1, 0.15) is 0 Å². The molecule has 2 heterocycles. The zero-order valence-electron chi connectivity index (χ0n) is 12.3. The van der Waals surface area contributed by atoms with Gasteiger partial charge in [0.15, 0.2) is 5.96 Å². The third-order valence-electron chi connectivity index (χ3n) is 4.20. The van der Waals surface area contributed by atoms with Crippen molar-refractivity contribution in [2.24, 2.45) is 10.4 Å². The van der Waals surface area contributed by atoms with Gasteiger partial charge in [-0.1, -0.05) is 19.8 Å². The average Bonchev–Trinajstić information content (AvgIpc) is 3.01. The number of rotatable bonds is 4. The normalized spacial score (nSPS) is 26.8. The molecule has 1 atom stereocenters. The number of nitrogens with one attached hydrogen (secondary N) is 1. The van der Waals surface area contributed by atoms with Gasteiger partial charge in [-0.25, -0.2) is 0 Å². The molecule has 0 saturated carbocycles. The second-order valence-electron chi connectivity index (χ2n) is 5.66. The van der Waals surface area contributed by atoms with Crippen LogP contribution >= 0.6 is 24.0 Å². The molecule has 2 saturated heterocycles. The Kier molecular flexibility index (Phi) is 7.42. The summed E-state index contributed by atoms with van der Waals surface area (Å²) in [6, 6.07) is 0. The first-order valence-electron chi connectivity index (χ1n) is 7.33. The lowest BCUT2D eigenvalue weighted by atomic mass is 9.87. The first kappa shape index (κ1) is 17.0. The van der Waals surface area contributed by atoms with Crippen molar-refractivity contribution in [3.05, 3.63) is 0 Å². The van der Waals surface area contributed by atoms with E-state index in [2.05, 4.69) is 22.1 Å². The lowest BCUT2D eigenvalue weighted by Gasteiger charge is -2.24. The van der Waals surface area contributed by atoms with E-state index in [9.17, 15) is 0 Å². The van der Waals surface area contributed by atoms with Crippen molar-refractivity contribution in [3.8, 4) is 0 Å². The minimum atomic E-state index is 0. The van der Waals surface area contributed by atoms with Crippen LogP contribution in [0.1, 0.15) is 39.0 Å². The van der Waals surface area contributed by atoms with E-state index in [1.807, 2.05) is 7.05 Å². The van der Waals surface area contributed by atoms with E-state index < -0.39 is 0 Å². The van der Waals surface area contributed by atoms with Crippen LogP contribution in [0.4, 0.5) is 0 Å². The van der Waals surface area contributed by atoms with E-state index in [1.54, 1.807) is 0 Å². The van der Waals surface area contributed by atoms with Crippen LogP contribution in [-0.2, 0) is 4.74 Å². The maximum Gasteiger partial charge on any atom is 0.193 e. The summed E-state index contributed by atoms with van der Waals surface area (Å²) < 4.78 is 5.57. The largest absolute Gasteiger partial charge is 0.381 e. The third-order valence-corrected chi connectivity index (χ3v) is 4.20. The molecule has 0 aromatic carbocycles. The lowest BCUT2D eigenvalue weighted by molar-refractivity contribution is 0.156. The Hall–Kier alpha value is -0.0400. The van der Waals surface area contributed by atoms with Gasteiger partial charge in [0.05, 0.1) is 6.61 Å². The lowest BCUT2D eigenvalue weighted by Crippen LogP contribution is -2.41. The van der Waals surface area contributed by atoms with Crippen LogP contribution in [0.25, 0.3) is 0 Å². The van der Waals surface area contributed by atoms with Crippen molar-refractivity contribution < 1.29 is 4.74 Å². The van der Waals surface area contributed by atoms with Crippen LogP contribution in [-0.4, -0.2) is 50.8 Å². The number of likely N-dealkylation sites (tertiary alicyclic amines) is 1. The van der Waals surface area contributed by atoms with E-state index in [-0.39, 0.29) is 24.0 Å². The SMILES string of the molecule is CCCCCNC(=NC)N1CCC2(CCOC2)C1.I. The van der Waals surface area contributed by atoms with E-state index in [4.69, 9.17) is 4.74 Å². The summed E-state index contributed by atoms with van der Waals surface area (Å²) in [5.74, 6) is 1.08. The van der Waals surface area contributed by atoms with Crippen molar-refractivity contribution in [1.82, 2.24) is 10.2 Å². The molecule has 2 aliphatic heterocycles. The molecule has 0 aromatic rings. The maximum absolute atomic E-state index is 5.57. The van der Waals surface area contributed by atoms with Gasteiger partial charge in [-0.05, 0) is 19.3 Å². The van der Waals surface area contributed by atoms with Crippen LogP contribution in [0.2, 0.25) is 0 Å². The molecular formula is C14H28IN3O. The zero-order valence-corrected chi connectivity index (χ0v) is 14.6. The molecule has 0 radical (unpaired) electrons. The van der Waals surface area contributed by atoms with E-state index in [1.165, 1.54) is 32.1 Å². The Morgan fingerprint density at radius 3 is 2.84 bits per heavy atom. The number of aliphatic imine (C=N–C) groups is 1. The highest BCUT2D eigenvalue weighted by molar-refractivity contribution is 14.0. The summed E-state index contributed by atoms with van der Waals surface area (Å²) in [4.78, 5) is 6.82. The molecule has 4 nitrogen and oxygen atoms in total. The average molecular weight is 381 g/mol. The molecule has 19 heavy (non-hydrogen) atoms. The third kappa shape index (κ3) is 4.48. The number of hydrogen-bond donors (Lipinski definition) is 1. The molecule has 2 rings (SSSR count). The van der Waals surface area contributed by atoms with Gasteiger partial charge in [-0.2, -0.15) is 0 Å². The standard InChI is InChI=1S/C14H27N3O.HI/c1-3-4-5-8-16-13(15-2)17-9-6-14(11-17)7-10-18-12-14;/h3-12H2,1-2H3,(H,15,16);1H. The Morgan fingerprint density at radius 2 is 2.21 bits per heavy atom. The van der Waals surface area contributed by atoms with Gasteiger partial charge < -0.3 is 15.0 Å². The van der Waals surface area contributed by atoms with Crippen LogP contribution in [0, 0.1) is 5.41 Å². The predicted molar refractivity (Wildman–Crippen MR) is 90.4 cm³/mol. The van der Waals surface area contributed by atoms with E-state index in [0.29, 0.717) is 5.41 Å². The van der Waals surface area contributed by atoms with Crippen molar-refractivity contribution in [3.63, 3.8) is 0 Å². The molecule has 0 bridgehead atoms. The van der Waals surface area contributed by atoms with Crippen LogP contribution in [0.5, 0.6) is 0 Å². The topological polar surface area (TPSA) is 36.9 Å².